The first-order valence-corrected chi connectivity index (χ1v) is 10.9. The Morgan fingerprint density at radius 1 is 1.03 bits per heavy atom. The van der Waals surface area contributed by atoms with Crippen molar-refractivity contribution in [1.29, 1.82) is 0 Å². The van der Waals surface area contributed by atoms with Gasteiger partial charge in [0.05, 0.1) is 22.9 Å². The van der Waals surface area contributed by atoms with Crippen molar-refractivity contribution in [2.45, 2.75) is 39.5 Å². The molecule has 3 heterocycles. The van der Waals surface area contributed by atoms with Crippen LogP contribution in [0.2, 0.25) is 0 Å². The van der Waals surface area contributed by atoms with E-state index in [-0.39, 0.29) is 11.8 Å². The van der Waals surface area contributed by atoms with Crippen LogP contribution in [0, 0.1) is 5.82 Å². The summed E-state index contributed by atoms with van der Waals surface area (Å²) in [6, 6.07) is 14.2. The van der Waals surface area contributed by atoms with Gasteiger partial charge in [-0.1, -0.05) is 32.0 Å². The maximum absolute atomic E-state index is 14.0. The van der Waals surface area contributed by atoms with Gasteiger partial charge in [-0.05, 0) is 43.2 Å². The zero-order valence-corrected chi connectivity index (χ0v) is 18.0. The molecule has 5 rings (SSSR count). The Bertz CT molecular complexity index is 1470. The van der Waals surface area contributed by atoms with E-state index < -0.39 is 0 Å². The fraction of sp³-hybridized carbons (Fsp3) is 0.240. The van der Waals surface area contributed by atoms with Crippen molar-refractivity contribution in [2.75, 3.05) is 0 Å². The number of halogens is 1. The fourth-order valence-corrected chi connectivity index (χ4v) is 4.09. The number of para-hydroxylation sites is 2. The van der Waals surface area contributed by atoms with E-state index >= 15 is 0 Å². The molecule has 3 aromatic heterocycles. The number of carbonyl (C=O) groups excluding carboxylic acids is 1. The van der Waals surface area contributed by atoms with Crippen LogP contribution < -0.4 is 4.74 Å². The highest BCUT2D eigenvalue weighted by atomic mass is 19.1. The number of esters is 1. The van der Waals surface area contributed by atoms with Gasteiger partial charge in [-0.3, -0.25) is 13.8 Å². The number of nitrogens with zero attached hydrogens (tertiary/aromatic N) is 4. The van der Waals surface area contributed by atoms with Crippen LogP contribution in [0.25, 0.3) is 33.4 Å². The van der Waals surface area contributed by atoms with Gasteiger partial charge in [0.15, 0.2) is 17.0 Å². The van der Waals surface area contributed by atoms with Crippen LogP contribution in [0.5, 0.6) is 5.75 Å². The third-order valence-electron chi connectivity index (χ3n) is 5.46. The third-order valence-corrected chi connectivity index (χ3v) is 5.46. The number of fused-ring (bicyclic) bond motifs is 5. The zero-order valence-electron chi connectivity index (χ0n) is 18.0. The molecule has 32 heavy (non-hydrogen) atoms. The van der Waals surface area contributed by atoms with Crippen LogP contribution in [-0.2, 0) is 11.2 Å². The minimum Gasteiger partial charge on any atom is -0.424 e. The summed E-state index contributed by atoms with van der Waals surface area (Å²) in [6.45, 7) is 4.02. The summed E-state index contributed by atoms with van der Waals surface area (Å²) >= 11 is 0. The summed E-state index contributed by atoms with van der Waals surface area (Å²) in [4.78, 5) is 22.2. The Balaban J connectivity index is 1.88. The summed E-state index contributed by atoms with van der Waals surface area (Å²) in [5.74, 6) is 0.553. The molecule has 0 spiro atoms. The van der Waals surface area contributed by atoms with E-state index in [4.69, 9.17) is 14.7 Å². The Morgan fingerprint density at radius 3 is 2.66 bits per heavy atom. The maximum atomic E-state index is 14.0. The predicted molar refractivity (Wildman–Crippen MR) is 122 cm³/mol. The van der Waals surface area contributed by atoms with Crippen molar-refractivity contribution in [3.63, 3.8) is 0 Å². The lowest BCUT2D eigenvalue weighted by Gasteiger charge is -2.09. The number of rotatable bonds is 6. The number of aryl methyl sites for hydroxylation is 1. The molecule has 0 fully saturated rings. The molecule has 5 aromatic rings. The van der Waals surface area contributed by atoms with Crippen LogP contribution in [0.15, 0.2) is 54.7 Å². The van der Waals surface area contributed by atoms with Crippen molar-refractivity contribution in [3.8, 4) is 11.4 Å². The van der Waals surface area contributed by atoms with Gasteiger partial charge in [-0.25, -0.2) is 14.4 Å². The van der Waals surface area contributed by atoms with Crippen molar-refractivity contribution >= 4 is 33.7 Å². The van der Waals surface area contributed by atoms with Crippen LogP contribution in [0.1, 0.15) is 38.9 Å². The van der Waals surface area contributed by atoms with Crippen LogP contribution in [0.4, 0.5) is 4.39 Å². The molecule has 7 heteroatoms. The highest BCUT2D eigenvalue weighted by Crippen LogP contribution is 2.35. The molecule has 0 saturated heterocycles. The largest absolute Gasteiger partial charge is 0.424 e. The summed E-state index contributed by atoms with van der Waals surface area (Å²) < 4.78 is 23.6. The number of aromatic nitrogens is 4. The van der Waals surface area contributed by atoms with Gasteiger partial charge in [-0.2, -0.15) is 0 Å². The minimum absolute atomic E-state index is 0.306. The quantitative estimate of drug-likeness (QED) is 0.328. The standard InChI is InChI=1S/C25H23FN4O2/c1-3-8-21-28-24-23(25-27-18-12-5-6-13-19(18)30(21)25)20(32-22(31)9-4-2)15-29(24)17-11-7-10-16(26)14-17/h5-7,10-15H,3-4,8-9H2,1-2H3. The minimum atomic E-state index is -0.352. The first-order chi connectivity index (χ1) is 15.6. The average molecular weight is 430 g/mol. The molecule has 0 amide bonds. The van der Waals surface area contributed by atoms with E-state index in [1.807, 2.05) is 35.6 Å². The first-order valence-electron chi connectivity index (χ1n) is 10.9. The SMILES string of the molecule is CCCC(=O)Oc1cn(-c2cccc(F)c2)c2nc(CCC)n3c4ccccc4nc3c12. The monoisotopic (exact) mass is 430 g/mol. The molecule has 2 aromatic carbocycles. The molecule has 0 radical (unpaired) electrons. The van der Waals surface area contributed by atoms with Gasteiger partial charge >= 0.3 is 5.97 Å². The number of carbonyl (C=O) groups is 1. The van der Waals surface area contributed by atoms with Gasteiger partial charge in [0.1, 0.15) is 17.0 Å². The van der Waals surface area contributed by atoms with E-state index in [0.29, 0.717) is 41.0 Å². The van der Waals surface area contributed by atoms with Crippen molar-refractivity contribution in [1.82, 2.24) is 18.9 Å². The van der Waals surface area contributed by atoms with E-state index in [9.17, 15) is 9.18 Å². The molecule has 0 bridgehead atoms. The Morgan fingerprint density at radius 2 is 1.88 bits per heavy atom. The molecule has 162 valence electrons. The molecular formula is C25H23FN4O2. The lowest BCUT2D eigenvalue weighted by molar-refractivity contribution is -0.134. The lowest BCUT2D eigenvalue weighted by Crippen LogP contribution is -2.07. The number of hydrogen-bond donors (Lipinski definition) is 0. The third kappa shape index (κ3) is 3.30. The second-order valence-electron chi connectivity index (χ2n) is 7.80. The van der Waals surface area contributed by atoms with Crippen LogP contribution in [0.3, 0.4) is 0 Å². The Kier molecular flexibility index (Phi) is 5.09. The number of ether oxygens (including phenoxy) is 1. The molecule has 0 aliphatic heterocycles. The second-order valence-corrected chi connectivity index (χ2v) is 7.80. The summed E-state index contributed by atoms with van der Waals surface area (Å²) in [6.07, 6.45) is 4.34. The molecule has 0 unspecified atom stereocenters. The molecule has 6 nitrogen and oxygen atoms in total. The smallest absolute Gasteiger partial charge is 0.311 e. The van der Waals surface area contributed by atoms with Gasteiger partial charge in [0, 0.05) is 12.8 Å². The van der Waals surface area contributed by atoms with Crippen molar-refractivity contribution < 1.29 is 13.9 Å². The van der Waals surface area contributed by atoms with Crippen molar-refractivity contribution in [2.24, 2.45) is 0 Å². The van der Waals surface area contributed by atoms with Gasteiger partial charge < -0.3 is 4.74 Å². The first kappa shape index (κ1) is 20.2. The van der Waals surface area contributed by atoms with Crippen molar-refractivity contribution in [3.05, 3.63) is 66.4 Å². The van der Waals surface area contributed by atoms with Gasteiger partial charge in [0.25, 0.3) is 0 Å². The Labute approximate surface area is 184 Å². The van der Waals surface area contributed by atoms with Crippen LogP contribution >= 0.6 is 0 Å². The molecule has 0 saturated carbocycles. The molecular weight excluding hydrogens is 407 g/mol. The maximum Gasteiger partial charge on any atom is 0.311 e. The summed E-state index contributed by atoms with van der Waals surface area (Å²) in [5.41, 5.74) is 3.65. The van der Waals surface area contributed by atoms with E-state index in [1.54, 1.807) is 22.9 Å². The Hall–Kier alpha value is -3.74. The topological polar surface area (TPSA) is 61.4 Å². The normalized spacial score (nSPS) is 11.6. The summed E-state index contributed by atoms with van der Waals surface area (Å²) in [5, 5.41) is 0.634. The molecule has 0 N–H and O–H groups in total. The molecule has 0 aliphatic rings. The highest BCUT2D eigenvalue weighted by molar-refractivity contribution is 6.01. The fourth-order valence-electron chi connectivity index (χ4n) is 4.09. The highest BCUT2D eigenvalue weighted by Gasteiger charge is 2.23. The van der Waals surface area contributed by atoms with Crippen LogP contribution in [-0.4, -0.2) is 24.9 Å². The van der Waals surface area contributed by atoms with Gasteiger partial charge in [-0.15, -0.1) is 0 Å². The summed E-state index contributed by atoms with van der Waals surface area (Å²) in [7, 11) is 0. The predicted octanol–water partition coefficient (Wildman–Crippen LogP) is 5.62. The van der Waals surface area contributed by atoms with Gasteiger partial charge in [0.2, 0.25) is 0 Å². The average Bonchev–Trinajstić information content (AvgIpc) is 3.33. The van der Waals surface area contributed by atoms with E-state index in [0.717, 1.165) is 29.7 Å². The second kappa shape index (κ2) is 8.07. The van der Waals surface area contributed by atoms with E-state index in [2.05, 4.69) is 6.92 Å². The number of benzene rings is 2. The zero-order chi connectivity index (χ0) is 22.2. The number of hydrogen-bond acceptors (Lipinski definition) is 4. The number of imidazole rings is 1. The molecule has 0 atom stereocenters. The van der Waals surface area contributed by atoms with E-state index in [1.165, 1.54) is 12.1 Å². The molecule has 0 aliphatic carbocycles. The lowest BCUT2D eigenvalue weighted by atomic mass is 10.2.